The average molecular weight is 435 g/mol. The molecular formula is C22H30N2O5S. The minimum absolute atomic E-state index is 0.0515. The van der Waals surface area contributed by atoms with E-state index in [2.05, 4.69) is 17.0 Å². The van der Waals surface area contributed by atoms with Crippen molar-refractivity contribution in [2.75, 3.05) is 26.8 Å². The van der Waals surface area contributed by atoms with Crippen LogP contribution in [-0.2, 0) is 21.2 Å². The molecule has 30 heavy (non-hydrogen) atoms. The molecule has 2 rings (SSSR count). The molecule has 0 saturated heterocycles. The zero-order valence-corrected chi connectivity index (χ0v) is 18.8. The molecule has 2 aromatic carbocycles. The summed E-state index contributed by atoms with van der Waals surface area (Å²) in [6, 6.07) is 10.9. The van der Waals surface area contributed by atoms with Crippen LogP contribution in [0.25, 0.3) is 0 Å². The molecule has 0 fully saturated rings. The normalized spacial score (nSPS) is 11.2. The van der Waals surface area contributed by atoms with Crippen LogP contribution in [0.15, 0.2) is 41.3 Å². The summed E-state index contributed by atoms with van der Waals surface area (Å²) >= 11 is 0. The van der Waals surface area contributed by atoms with Crippen LogP contribution in [-0.4, -0.2) is 41.1 Å². The van der Waals surface area contributed by atoms with Gasteiger partial charge >= 0.3 is 0 Å². The predicted molar refractivity (Wildman–Crippen MR) is 117 cm³/mol. The SMILES string of the molecule is CCCc1ccc(OCC(=O)NCCNS(=O)(=O)c2cc(C)c(C)cc2OC)cc1. The Kier molecular flexibility index (Phi) is 8.68. The predicted octanol–water partition coefficient (Wildman–Crippen LogP) is 2.74. The fraction of sp³-hybridized carbons (Fsp3) is 0.409. The molecule has 0 bridgehead atoms. The van der Waals surface area contributed by atoms with Gasteiger partial charge in [-0.25, -0.2) is 13.1 Å². The second kappa shape index (κ2) is 11.0. The molecule has 0 atom stereocenters. The van der Waals surface area contributed by atoms with Gasteiger partial charge in [0.25, 0.3) is 5.91 Å². The van der Waals surface area contributed by atoms with Gasteiger partial charge in [0, 0.05) is 13.1 Å². The molecule has 0 spiro atoms. The summed E-state index contributed by atoms with van der Waals surface area (Å²) in [6.07, 6.45) is 2.08. The molecule has 0 aliphatic rings. The van der Waals surface area contributed by atoms with Gasteiger partial charge in [-0.2, -0.15) is 0 Å². The molecule has 0 heterocycles. The average Bonchev–Trinajstić information content (AvgIpc) is 2.72. The van der Waals surface area contributed by atoms with Gasteiger partial charge in [0.1, 0.15) is 16.4 Å². The summed E-state index contributed by atoms with van der Waals surface area (Å²) in [5.74, 6) is 0.580. The number of methoxy groups -OCH3 is 1. The van der Waals surface area contributed by atoms with E-state index in [0.717, 1.165) is 24.0 Å². The Balaban J connectivity index is 1.80. The number of carbonyl (C=O) groups excluding carboxylic acids is 1. The van der Waals surface area contributed by atoms with E-state index in [1.165, 1.54) is 12.7 Å². The number of carbonyl (C=O) groups is 1. The van der Waals surface area contributed by atoms with Gasteiger partial charge in [0.05, 0.1) is 7.11 Å². The van der Waals surface area contributed by atoms with Gasteiger partial charge in [0.15, 0.2) is 6.61 Å². The molecule has 2 aromatic rings. The first-order valence-corrected chi connectivity index (χ1v) is 11.4. The molecule has 7 nitrogen and oxygen atoms in total. The topological polar surface area (TPSA) is 93.7 Å². The van der Waals surface area contributed by atoms with E-state index >= 15 is 0 Å². The van der Waals surface area contributed by atoms with Gasteiger partial charge in [0.2, 0.25) is 10.0 Å². The van der Waals surface area contributed by atoms with Crippen molar-refractivity contribution in [2.24, 2.45) is 0 Å². The number of hydrogen-bond acceptors (Lipinski definition) is 5. The molecule has 0 aliphatic carbocycles. The van der Waals surface area contributed by atoms with Crippen molar-refractivity contribution in [3.05, 3.63) is 53.1 Å². The Morgan fingerprint density at radius 1 is 1.03 bits per heavy atom. The first-order valence-electron chi connectivity index (χ1n) is 9.90. The lowest BCUT2D eigenvalue weighted by molar-refractivity contribution is -0.123. The van der Waals surface area contributed by atoms with Crippen LogP contribution in [0, 0.1) is 13.8 Å². The van der Waals surface area contributed by atoms with Crippen LogP contribution in [0.5, 0.6) is 11.5 Å². The van der Waals surface area contributed by atoms with E-state index in [1.54, 1.807) is 12.1 Å². The van der Waals surface area contributed by atoms with Gasteiger partial charge in [-0.3, -0.25) is 4.79 Å². The lowest BCUT2D eigenvalue weighted by atomic mass is 10.1. The van der Waals surface area contributed by atoms with Gasteiger partial charge < -0.3 is 14.8 Å². The lowest BCUT2D eigenvalue weighted by Gasteiger charge is -2.13. The van der Waals surface area contributed by atoms with Crippen LogP contribution < -0.4 is 19.5 Å². The number of amides is 1. The third-order valence-corrected chi connectivity index (χ3v) is 6.12. The Labute approximate surface area is 178 Å². The van der Waals surface area contributed by atoms with Gasteiger partial charge in [-0.1, -0.05) is 25.5 Å². The number of ether oxygens (including phenoxy) is 2. The molecule has 164 valence electrons. The van der Waals surface area contributed by atoms with Crippen molar-refractivity contribution in [2.45, 2.75) is 38.5 Å². The first-order chi connectivity index (χ1) is 14.3. The highest BCUT2D eigenvalue weighted by molar-refractivity contribution is 7.89. The first kappa shape index (κ1) is 23.7. The van der Waals surface area contributed by atoms with Crippen LogP contribution in [0.1, 0.15) is 30.0 Å². The fourth-order valence-electron chi connectivity index (χ4n) is 2.84. The van der Waals surface area contributed by atoms with Crippen LogP contribution in [0.4, 0.5) is 0 Å². The summed E-state index contributed by atoms with van der Waals surface area (Å²) in [7, 11) is -2.33. The van der Waals surface area contributed by atoms with Crippen molar-refractivity contribution >= 4 is 15.9 Å². The monoisotopic (exact) mass is 434 g/mol. The number of aryl methyl sites for hydroxylation is 3. The van der Waals surface area contributed by atoms with Crippen molar-refractivity contribution in [3.63, 3.8) is 0 Å². The highest BCUT2D eigenvalue weighted by Crippen LogP contribution is 2.27. The van der Waals surface area contributed by atoms with E-state index in [-0.39, 0.29) is 36.2 Å². The molecular weight excluding hydrogens is 404 g/mol. The fourth-order valence-corrected chi connectivity index (χ4v) is 4.10. The summed E-state index contributed by atoms with van der Waals surface area (Å²) in [5, 5.41) is 2.64. The second-order valence-corrected chi connectivity index (χ2v) is 8.75. The van der Waals surface area contributed by atoms with Crippen molar-refractivity contribution < 1.29 is 22.7 Å². The van der Waals surface area contributed by atoms with Gasteiger partial charge in [-0.15, -0.1) is 0 Å². The standard InChI is InChI=1S/C22H30N2O5S/c1-5-6-18-7-9-19(10-8-18)29-15-22(25)23-11-12-24-30(26,27)21-14-17(3)16(2)13-20(21)28-4/h7-10,13-14,24H,5-6,11-12,15H2,1-4H3,(H,23,25). The van der Waals surface area contributed by atoms with E-state index in [9.17, 15) is 13.2 Å². The zero-order chi connectivity index (χ0) is 22.1. The Bertz CT molecular complexity index is 956. The molecule has 0 radical (unpaired) electrons. The van der Waals surface area contributed by atoms with E-state index < -0.39 is 10.0 Å². The highest BCUT2D eigenvalue weighted by Gasteiger charge is 2.20. The minimum Gasteiger partial charge on any atom is -0.495 e. The zero-order valence-electron chi connectivity index (χ0n) is 17.9. The maximum Gasteiger partial charge on any atom is 0.257 e. The Hall–Kier alpha value is -2.58. The Morgan fingerprint density at radius 2 is 1.70 bits per heavy atom. The number of hydrogen-bond donors (Lipinski definition) is 2. The maximum atomic E-state index is 12.6. The molecule has 2 N–H and O–H groups in total. The summed E-state index contributed by atoms with van der Waals surface area (Å²) < 4.78 is 38.3. The number of benzene rings is 2. The number of nitrogens with one attached hydrogen (secondary N) is 2. The third-order valence-electron chi connectivity index (χ3n) is 4.64. The molecule has 1 amide bonds. The maximum absolute atomic E-state index is 12.6. The molecule has 0 aliphatic heterocycles. The number of sulfonamides is 1. The van der Waals surface area contributed by atoms with E-state index in [4.69, 9.17) is 9.47 Å². The molecule has 8 heteroatoms. The minimum atomic E-state index is -3.76. The molecule has 0 aromatic heterocycles. The van der Waals surface area contributed by atoms with E-state index in [1.807, 2.05) is 38.1 Å². The lowest BCUT2D eigenvalue weighted by Crippen LogP contribution is -2.36. The van der Waals surface area contributed by atoms with Crippen molar-refractivity contribution in [3.8, 4) is 11.5 Å². The smallest absolute Gasteiger partial charge is 0.257 e. The molecule has 0 unspecified atom stereocenters. The van der Waals surface area contributed by atoms with Crippen molar-refractivity contribution in [1.82, 2.24) is 10.0 Å². The summed E-state index contributed by atoms with van der Waals surface area (Å²) in [6.45, 7) is 5.90. The van der Waals surface area contributed by atoms with Crippen LogP contribution in [0.3, 0.4) is 0 Å². The summed E-state index contributed by atoms with van der Waals surface area (Å²) in [4.78, 5) is 12.0. The number of rotatable bonds is 11. The third kappa shape index (κ3) is 6.74. The largest absolute Gasteiger partial charge is 0.495 e. The van der Waals surface area contributed by atoms with Crippen LogP contribution >= 0.6 is 0 Å². The highest BCUT2D eigenvalue weighted by atomic mass is 32.2. The van der Waals surface area contributed by atoms with Crippen LogP contribution in [0.2, 0.25) is 0 Å². The second-order valence-electron chi connectivity index (χ2n) is 7.02. The van der Waals surface area contributed by atoms with Crippen molar-refractivity contribution in [1.29, 1.82) is 0 Å². The Morgan fingerprint density at radius 3 is 2.33 bits per heavy atom. The van der Waals surface area contributed by atoms with Gasteiger partial charge in [-0.05, 0) is 61.2 Å². The summed E-state index contributed by atoms with van der Waals surface area (Å²) in [5.41, 5.74) is 3.02. The van der Waals surface area contributed by atoms with E-state index in [0.29, 0.717) is 5.75 Å². The molecule has 0 saturated carbocycles. The quantitative estimate of drug-likeness (QED) is 0.531.